The van der Waals surface area contributed by atoms with Crippen LogP contribution in [0.3, 0.4) is 0 Å². The van der Waals surface area contributed by atoms with Crippen molar-refractivity contribution < 1.29 is 18.7 Å². The van der Waals surface area contributed by atoms with E-state index in [1.165, 1.54) is 6.08 Å². The molecule has 146 valence electrons. The molecule has 1 heterocycles. The van der Waals surface area contributed by atoms with Gasteiger partial charge in [0.15, 0.2) is 23.0 Å². The smallest absolute Gasteiger partial charge is 0.248 e. The average Bonchev–Trinajstić information content (AvgIpc) is 3.11. The highest BCUT2D eigenvalue weighted by atomic mass is 16.5. The number of oxazole rings is 1. The summed E-state index contributed by atoms with van der Waals surface area (Å²) in [4.78, 5) is 16.7. The molecular weight excluding hydrogens is 356 g/mol. The summed E-state index contributed by atoms with van der Waals surface area (Å²) >= 11 is 0. The number of carbonyl (C=O) groups excluding carboxylic acids is 1. The molecule has 3 rings (SSSR count). The summed E-state index contributed by atoms with van der Waals surface area (Å²) in [5.74, 6) is 1.95. The van der Waals surface area contributed by atoms with Crippen molar-refractivity contribution in [1.29, 1.82) is 0 Å². The number of anilines is 1. The van der Waals surface area contributed by atoms with Crippen molar-refractivity contribution in [1.82, 2.24) is 4.98 Å². The molecule has 0 saturated heterocycles. The number of nitrogens with zero attached hydrogens (tertiary/aromatic N) is 1. The molecule has 0 unspecified atom stereocenters. The van der Waals surface area contributed by atoms with Gasteiger partial charge in [-0.3, -0.25) is 4.79 Å². The van der Waals surface area contributed by atoms with Crippen LogP contribution in [-0.4, -0.2) is 24.6 Å². The molecule has 0 spiro atoms. The highest BCUT2D eigenvalue weighted by Crippen LogP contribution is 2.28. The third kappa shape index (κ3) is 4.52. The summed E-state index contributed by atoms with van der Waals surface area (Å²) in [7, 11) is 1.59. The Morgan fingerprint density at radius 2 is 2.04 bits per heavy atom. The lowest BCUT2D eigenvalue weighted by molar-refractivity contribution is -0.111. The summed E-state index contributed by atoms with van der Waals surface area (Å²) in [6.07, 6.45) is 3.19. The van der Waals surface area contributed by atoms with Crippen LogP contribution in [-0.2, 0) is 4.79 Å². The highest BCUT2D eigenvalue weighted by Gasteiger charge is 2.10. The molecule has 1 N–H and O–H groups in total. The lowest BCUT2D eigenvalue weighted by Crippen LogP contribution is -2.07. The van der Waals surface area contributed by atoms with Crippen molar-refractivity contribution in [2.75, 3.05) is 19.0 Å². The van der Waals surface area contributed by atoms with Crippen LogP contribution in [0.15, 0.2) is 46.9 Å². The van der Waals surface area contributed by atoms with Crippen molar-refractivity contribution in [2.24, 2.45) is 0 Å². The van der Waals surface area contributed by atoms with Gasteiger partial charge in [-0.25, -0.2) is 4.98 Å². The number of aromatic nitrogens is 1. The van der Waals surface area contributed by atoms with E-state index in [1.54, 1.807) is 25.3 Å². The molecule has 3 aromatic rings. The molecule has 0 aliphatic carbocycles. The Hall–Kier alpha value is -3.28. The minimum atomic E-state index is -0.240. The van der Waals surface area contributed by atoms with Crippen molar-refractivity contribution in [2.45, 2.75) is 26.7 Å². The minimum Gasteiger partial charge on any atom is -0.493 e. The van der Waals surface area contributed by atoms with Crippen molar-refractivity contribution in [3.05, 3.63) is 53.9 Å². The van der Waals surface area contributed by atoms with Crippen LogP contribution < -0.4 is 14.8 Å². The van der Waals surface area contributed by atoms with Gasteiger partial charge < -0.3 is 19.2 Å². The largest absolute Gasteiger partial charge is 0.493 e. The molecule has 6 nitrogen and oxygen atoms in total. The summed E-state index contributed by atoms with van der Waals surface area (Å²) in [5.41, 5.74) is 2.92. The number of hydrogen-bond donors (Lipinski definition) is 1. The molecule has 0 fully saturated rings. The third-order valence-corrected chi connectivity index (χ3v) is 4.08. The highest BCUT2D eigenvalue weighted by molar-refractivity contribution is 6.02. The van der Waals surface area contributed by atoms with Crippen molar-refractivity contribution in [3.8, 4) is 11.5 Å². The van der Waals surface area contributed by atoms with Gasteiger partial charge in [0.2, 0.25) is 5.91 Å². The third-order valence-electron chi connectivity index (χ3n) is 4.08. The van der Waals surface area contributed by atoms with E-state index in [-0.39, 0.29) is 11.8 Å². The van der Waals surface area contributed by atoms with E-state index in [4.69, 9.17) is 13.9 Å². The first-order valence-electron chi connectivity index (χ1n) is 9.20. The average molecular weight is 380 g/mol. The van der Waals surface area contributed by atoms with Gasteiger partial charge in [0.1, 0.15) is 5.52 Å². The number of rotatable bonds is 7. The first-order chi connectivity index (χ1) is 13.5. The second-order valence-corrected chi connectivity index (χ2v) is 6.56. The monoisotopic (exact) mass is 380 g/mol. The molecule has 0 bridgehead atoms. The van der Waals surface area contributed by atoms with Gasteiger partial charge in [0.25, 0.3) is 0 Å². The fourth-order valence-electron chi connectivity index (χ4n) is 2.69. The number of carbonyl (C=O) groups is 1. The number of nitrogens with one attached hydrogen (secondary N) is 1. The predicted octanol–water partition coefficient (Wildman–Crippen LogP) is 5.01. The van der Waals surface area contributed by atoms with Crippen LogP contribution in [0.5, 0.6) is 11.5 Å². The van der Waals surface area contributed by atoms with Gasteiger partial charge >= 0.3 is 0 Å². The Labute approximate surface area is 164 Å². The summed E-state index contributed by atoms with van der Waals surface area (Å²) in [5, 5.41) is 2.83. The maximum absolute atomic E-state index is 12.3. The van der Waals surface area contributed by atoms with Gasteiger partial charge in [-0.2, -0.15) is 0 Å². The maximum atomic E-state index is 12.3. The molecule has 0 saturated carbocycles. The lowest BCUT2D eigenvalue weighted by Gasteiger charge is -2.09. The Morgan fingerprint density at radius 1 is 1.21 bits per heavy atom. The minimum absolute atomic E-state index is 0.208. The molecule has 0 aliphatic rings. The second kappa shape index (κ2) is 8.61. The Kier molecular flexibility index (Phi) is 5.99. The molecule has 6 heteroatoms. The van der Waals surface area contributed by atoms with Gasteiger partial charge in [0, 0.05) is 23.7 Å². The SMILES string of the molecule is CCOc1ccc(/C=C/C(=O)Nc2ccc3nc(C(C)C)oc3c2)cc1OC. The fraction of sp³-hybridized carbons (Fsp3) is 0.273. The lowest BCUT2D eigenvalue weighted by atomic mass is 10.2. The quantitative estimate of drug-likeness (QED) is 0.583. The van der Waals surface area contributed by atoms with Gasteiger partial charge in [-0.15, -0.1) is 0 Å². The van der Waals surface area contributed by atoms with E-state index in [1.807, 2.05) is 45.0 Å². The van der Waals surface area contributed by atoms with Gasteiger partial charge in [-0.1, -0.05) is 19.9 Å². The molecule has 0 aliphatic heterocycles. The van der Waals surface area contributed by atoms with E-state index >= 15 is 0 Å². The topological polar surface area (TPSA) is 73.6 Å². The van der Waals surface area contributed by atoms with E-state index in [0.717, 1.165) is 11.1 Å². The zero-order chi connectivity index (χ0) is 20.1. The second-order valence-electron chi connectivity index (χ2n) is 6.56. The summed E-state index contributed by atoms with van der Waals surface area (Å²) in [6, 6.07) is 10.9. The van der Waals surface area contributed by atoms with Crippen molar-refractivity contribution in [3.63, 3.8) is 0 Å². The number of fused-ring (bicyclic) bond motifs is 1. The predicted molar refractivity (Wildman–Crippen MR) is 110 cm³/mol. The van der Waals surface area contributed by atoms with E-state index in [0.29, 0.717) is 35.3 Å². The first-order valence-corrected chi connectivity index (χ1v) is 9.20. The fourth-order valence-corrected chi connectivity index (χ4v) is 2.69. The van der Waals surface area contributed by atoms with E-state index in [9.17, 15) is 4.79 Å². The molecular formula is C22H24N2O4. The van der Waals surface area contributed by atoms with Crippen LogP contribution in [0.1, 0.15) is 38.1 Å². The zero-order valence-electron chi connectivity index (χ0n) is 16.5. The normalized spacial score (nSPS) is 11.3. The Balaban J connectivity index is 1.70. The van der Waals surface area contributed by atoms with Crippen LogP contribution in [0, 0.1) is 0 Å². The first kappa shape index (κ1) is 19.5. The number of hydrogen-bond acceptors (Lipinski definition) is 5. The Morgan fingerprint density at radius 3 is 2.75 bits per heavy atom. The summed E-state index contributed by atoms with van der Waals surface area (Å²) in [6.45, 7) is 6.52. The van der Waals surface area contributed by atoms with Crippen LogP contribution in [0.4, 0.5) is 5.69 Å². The Bertz CT molecular complexity index is 1000. The van der Waals surface area contributed by atoms with Gasteiger partial charge in [0.05, 0.1) is 13.7 Å². The van der Waals surface area contributed by atoms with Crippen LogP contribution in [0.25, 0.3) is 17.2 Å². The molecule has 1 amide bonds. The molecule has 2 aromatic carbocycles. The number of amides is 1. The summed E-state index contributed by atoms with van der Waals surface area (Å²) < 4.78 is 16.6. The maximum Gasteiger partial charge on any atom is 0.248 e. The van der Waals surface area contributed by atoms with Crippen LogP contribution >= 0.6 is 0 Å². The van der Waals surface area contributed by atoms with E-state index in [2.05, 4.69) is 10.3 Å². The number of ether oxygens (including phenoxy) is 2. The molecule has 1 aromatic heterocycles. The molecule has 28 heavy (non-hydrogen) atoms. The number of benzene rings is 2. The van der Waals surface area contributed by atoms with E-state index < -0.39 is 0 Å². The van der Waals surface area contributed by atoms with Gasteiger partial charge in [-0.05, 0) is 42.8 Å². The standard InChI is InChI=1S/C22H24N2O4/c1-5-27-18-10-6-15(12-20(18)26-4)7-11-21(25)23-16-8-9-17-19(13-16)28-22(24-17)14(2)3/h6-14H,5H2,1-4H3,(H,23,25)/b11-7+. The molecule has 0 radical (unpaired) electrons. The zero-order valence-corrected chi connectivity index (χ0v) is 16.5. The molecule has 0 atom stereocenters. The van der Waals surface area contributed by atoms with Crippen LogP contribution in [0.2, 0.25) is 0 Å². The van der Waals surface area contributed by atoms with Crippen molar-refractivity contribution >= 4 is 28.8 Å². The number of methoxy groups -OCH3 is 1.